The number of hydrogen-bond acceptors (Lipinski definition) is 5. The molecule has 1 amide bonds. The molecule has 0 aromatic carbocycles. The molecule has 4 atom stereocenters. The molecule has 25 heavy (non-hydrogen) atoms. The van der Waals surface area contributed by atoms with Gasteiger partial charge in [0.1, 0.15) is 0 Å². The fourth-order valence-corrected chi connectivity index (χ4v) is 5.29. The fraction of sp³-hybridized carbons (Fsp3) is 0.895. The van der Waals surface area contributed by atoms with Crippen molar-refractivity contribution in [1.82, 2.24) is 5.32 Å². The number of nitrogens with one attached hydrogen (secondary N) is 1. The van der Waals surface area contributed by atoms with Crippen LogP contribution in [0.1, 0.15) is 58.3 Å². The van der Waals surface area contributed by atoms with Crippen LogP contribution in [0.15, 0.2) is 5.16 Å². The molecule has 1 saturated heterocycles. The SMILES string of the molecule is C[C@H](NC(=O)CON=C1CCC2(CC1)OCCO2)[C@@H]1C[C@H]2CC[C@H]1C2. The minimum Gasteiger partial charge on any atom is -0.386 e. The lowest BCUT2D eigenvalue weighted by Gasteiger charge is -2.31. The summed E-state index contributed by atoms with van der Waals surface area (Å²) in [5.41, 5.74) is 0.999. The molecule has 4 aliphatic rings. The number of amides is 1. The quantitative estimate of drug-likeness (QED) is 0.774. The molecular formula is C19H30N2O4. The molecule has 140 valence electrons. The van der Waals surface area contributed by atoms with Gasteiger partial charge in [-0.05, 0) is 56.8 Å². The van der Waals surface area contributed by atoms with E-state index in [0.717, 1.165) is 43.2 Å². The van der Waals surface area contributed by atoms with Crippen LogP contribution >= 0.6 is 0 Å². The minimum absolute atomic E-state index is 0.00674. The second-order valence-corrected chi connectivity index (χ2v) is 8.23. The van der Waals surface area contributed by atoms with Gasteiger partial charge in [0.15, 0.2) is 12.4 Å². The summed E-state index contributed by atoms with van der Waals surface area (Å²) in [7, 11) is 0. The molecule has 1 heterocycles. The van der Waals surface area contributed by atoms with E-state index in [4.69, 9.17) is 14.3 Å². The van der Waals surface area contributed by atoms with E-state index in [-0.39, 0.29) is 24.3 Å². The van der Waals surface area contributed by atoms with Gasteiger partial charge in [-0.2, -0.15) is 0 Å². The molecular weight excluding hydrogens is 320 g/mol. The molecule has 1 aliphatic heterocycles. The number of ether oxygens (including phenoxy) is 2. The number of fused-ring (bicyclic) bond motifs is 2. The van der Waals surface area contributed by atoms with E-state index in [2.05, 4.69) is 17.4 Å². The van der Waals surface area contributed by atoms with Crippen molar-refractivity contribution < 1.29 is 19.1 Å². The number of carbonyl (C=O) groups is 1. The Kier molecular flexibility index (Phi) is 5.00. The molecule has 6 heteroatoms. The molecule has 3 aliphatic carbocycles. The second kappa shape index (κ2) is 7.23. The Labute approximate surface area is 149 Å². The molecule has 0 aromatic heterocycles. The fourth-order valence-electron chi connectivity index (χ4n) is 5.29. The molecule has 0 unspecified atom stereocenters. The Hall–Kier alpha value is -1.14. The average molecular weight is 350 g/mol. The second-order valence-electron chi connectivity index (χ2n) is 8.23. The van der Waals surface area contributed by atoms with Crippen molar-refractivity contribution in [3.05, 3.63) is 0 Å². The largest absolute Gasteiger partial charge is 0.386 e. The first kappa shape index (κ1) is 17.3. The van der Waals surface area contributed by atoms with Gasteiger partial charge in [-0.3, -0.25) is 4.79 Å². The van der Waals surface area contributed by atoms with Crippen LogP contribution in [0.4, 0.5) is 0 Å². The molecule has 0 radical (unpaired) electrons. The molecule has 1 spiro atoms. The third kappa shape index (κ3) is 3.85. The van der Waals surface area contributed by atoms with Crippen molar-refractivity contribution >= 4 is 11.6 Å². The van der Waals surface area contributed by atoms with E-state index < -0.39 is 0 Å². The summed E-state index contributed by atoms with van der Waals surface area (Å²) in [6.45, 7) is 3.51. The summed E-state index contributed by atoms with van der Waals surface area (Å²) in [4.78, 5) is 17.4. The maximum atomic E-state index is 12.1. The molecule has 4 fully saturated rings. The normalized spacial score (nSPS) is 34.3. The van der Waals surface area contributed by atoms with E-state index in [1.807, 2.05) is 0 Å². The lowest BCUT2D eigenvalue weighted by molar-refractivity contribution is -0.168. The number of hydrogen-bond donors (Lipinski definition) is 1. The molecule has 3 saturated carbocycles. The van der Waals surface area contributed by atoms with E-state index >= 15 is 0 Å². The zero-order valence-corrected chi connectivity index (χ0v) is 15.2. The van der Waals surface area contributed by atoms with Gasteiger partial charge in [-0.25, -0.2) is 0 Å². The van der Waals surface area contributed by atoms with Crippen LogP contribution in [-0.4, -0.2) is 43.3 Å². The predicted molar refractivity (Wildman–Crippen MR) is 93.0 cm³/mol. The van der Waals surface area contributed by atoms with E-state index in [1.165, 1.54) is 25.7 Å². The van der Waals surface area contributed by atoms with E-state index in [0.29, 0.717) is 19.1 Å². The van der Waals surface area contributed by atoms with Crippen LogP contribution in [0.3, 0.4) is 0 Å². The highest BCUT2D eigenvalue weighted by Crippen LogP contribution is 2.49. The highest BCUT2D eigenvalue weighted by molar-refractivity contribution is 5.85. The number of carbonyl (C=O) groups excluding carboxylic acids is 1. The van der Waals surface area contributed by atoms with Crippen LogP contribution in [0.2, 0.25) is 0 Å². The Bertz CT molecular complexity index is 518. The third-order valence-corrected chi connectivity index (χ3v) is 6.62. The van der Waals surface area contributed by atoms with Crippen LogP contribution in [0.5, 0.6) is 0 Å². The molecule has 2 bridgehead atoms. The van der Waals surface area contributed by atoms with Crippen LogP contribution in [-0.2, 0) is 19.1 Å². The zero-order valence-electron chi connectivity index (χ0n) is 15.2. The summed E-state index contributed by atoms with van der Waals surface area (Å²) in [5, 5.41) is 7.28. The van der Waals surface area contributed by atoms with Gasteiger partial charge in [0.2, 0.25) is 0 Å². The number of nitrogens with zero attached hydrogens (tertiary/aromatic N) is 1. The van der Waals surface area contributed by atoms with Crippen molar-refractivity contribution in [1.29, 1.82) is 0 Å². The van der Waals surface area contributed by atoms with Crippen molar-refractivity contribution in [2.24, 2.45) is 22.9 Å². The Balaban J connectivity index is 1.16. The monoisotopic (exact) mass is 350 g/mol. The van der Waals surface area contributed by atoms with E-state index in [1.54, 1.807) is 0 Å². The van der Waals surface area contributed by atoms with Gasteiger partial charge < -0.3 is 19.6 Å². The van der Waals surface area contributed by atoms with Crippen molar-refractivity contribution in [3.63, 3.8) is 0 Å². The van der Waals surface area contributed by atoms with Gasteiger partial charge in [-0.15, -0.1) is 0 Å². The van der Waals surface area contributed by atoms with Crippen LogP contribution in [0.25, 0.3) is 0 Å². The highest BCUT2D eigenvalue weighted by atomic mass is 16.7. The van der Waals surface area contributed by atoms with Gasteiger partial charge in [0, 0.05) is 18.9 Å². The number of rotatable bonds is 5. The Morgan fingerprint density at radius 3 is 2.68 bits per heavy atom. The molecule has 6 nitrogen and oxygen atoms in total. The summed E-state index contributed by atoms with van der Waals surface area (Å²) < 4.78 is 11.4. The zero-order chi connectivity index (χ0) is 17.3. The molecule has 0 aromatic rings. The van der Waals surface area contributed by atoms with Gasteiger partial charge in [0.05, 0.1) is 18.9 Å². The summed E-state index contributed by atoms with van der Waals surface area (Å²) in [5.74, 6) is 1.92. The van der Waals surface area contributed by atoms with Crippen molar-refractivity contribution in [3.8, 4) is 0 Å². The maximum Gasteiger partial charge on any atom is 0.260 e. The first-order chi connectivity index (χ1) is 12.1. The predicted octanol–water partition coefficient (Wildman–Crippen LogP) is 2.62. The van der Waals surface area contributed by atoms with Crippen LogP contribution < -0.4 is 5.32 Å². The molecule has 4 rings (SSSR count). The first-order valence-corrected chi connectivity index (χ1v) is 9.88. The van der Waals surface area contributed by atoms with Gasteiger partial charge >= 0.3 is 0 Å². The Morgan fingerprint density at radius 2 is 2.04 bits per heavy atom. The van der Waals surface area contributed by atoms with Gasteiger partial charge in [-0.1, -0.05) is 11.6 Å². The smallest absolute Gasteiger partial charge is 0.260 e. The Morgan fingerprint density at radius 1 is 1.28 bits per heavy atom. The lowest BCUT2D eigenvalue weighted by Crippen LogP contribution is -2.41. The van der Waals surface area contributed by atoms with Crippen LogP contribution in [0, 0.1) is 17.8 Å². The van der Waals surface area contributed by atoms with Gasteiger partial charge in [0.25, 0.3) is 5.91 Å². The third-order valence-electron chi connectivity index (χ3n) is 6.62. The van der Waals surface area contributed by atoms with E-state index in [9.17, 15) is 4.79 Å². The van der Waals surface area contributed by atoms with Crippen molar-refractivity contribution in [2.75, 3.05) is 19.8 Å². The molecule has 1 N–H and O–H groups in total. The first-order valence-electron chi connectivity index (χ1n) is 9.88. The highest BCUT2D eigenvalue weighted by Gasteiger charge is 2.42. The minimum atomic E-state index is -0.382. The van der Waals surface area contributed by atoms with Crippen molar-refractivity contribution in [2.45, 2.75) is 70.1 Å². The number of oxime groups is 1. The standard InChI is InChI=1S/C19H30N2O4/c1-13(17-11-14-2-3-15(17)10-14)20-18(22)12-25-21-16-4-6-19(7-5-16)23-8-9-24-19/h13-15,17H,2-12H2,1H3,(H,20,22)/t13-,14-,15-,17-/m0/s1. The lowest BCUT2D eigenvalue weighted by atomic mass is 9.84. The average Bonchev–Trinajstić information content (AvgIpc) is 3.34. The summed E-state index contributed by atoms with van der Waals surface area (Å²) >= 11 is 0. The summed E-state index contributed by atoms with van der Waals surface area (Å²) in [6, 6.07) is 0.241. The maximum absolute atomic E-state index is 12.1. The summed E-state index contributed by atoms with van der Waals surface area (Å²) in [6.07, 6.45) is 8.64. The topological polar surface area (TPSA) is 69.2 Å².